The molecular formula is C15H17BrFN3O. The lowest BCUT2D eigenvalue weighted by Gasteiger charge is -2.10. The van der Waals surface area contributed by atoms with Gasteiger partial charge in [0.2, 0.25) is 0 Å². The Kier molecular flexibility index (Phi) is 5.12. The minimum absolute atomic E-state index is 0.218. The van der Waals surface area contributed by atoms with Gasteiger partial charge < -0.3 is 5.32 Å². The van der Waals surface area contributed by atoms with Crippen LogP contribution in [0.15, 0.2) is 39.7 Å². The van der Waals surface area contributed by atoms with E-state index in [2.05, 4.69) is 40.2 Å². The van der Waals surface area contributed by atoms with Gasteiger partial charge in [0.25, 0.3) is 5.56 Å². The van der Waals surface area contributed by atoms with Gasteiger partial charge in [0.05, 0.1) is 18.4 Å². The zero-order chi connectivity index (χ0) is 15.4. The Morgan fingerprint density at radius 2 is 2.10 bits per heavy atom. The fourth-order valence-electron chi connectivity index (χ4n) is 1.85. The standard InChI is InChI=1S/C15H17BrFN3O/c1-10(2)7-18-14-6-15(21)20(19-8-14)9-11-3-12(16)5-13(17)4-11/h3-6,8,10,18H,7,9H2,1-2H3. The van der Waals surface area contributed by atoms with Crippen molar-refractivity contribution in [2.45, 2.75) is 20.4 Å². The average Bonchev–Trinajstić information content (AvgIpc) is 2.38. The fraction of sp³-hybridized carbons (Fsp3) is 0.333. The molecule has 0 bridgehead atoms. The second kappa shape index (κ2) is 6.85. The van der Waals surface area contributed by atoms with Gasteiger partial charge in [0.15, 0.2) is 0 Å². The van der Waals surface area contributed by atoms with Crippen LogP contribution in [-0.2, 0) is 6.54 Å². The molecule has 4 nitrogen and oxygen atoms in total. The molecule has 112 valence electrons. The molecule has 0 spiro atoms. The van der Waals surface area contributed by atoms with E-state index in [4.69, 9.17) is 0 Å². The first kappa shape index (κ1) is 15.7. The summed E-state index contributed by atoms with van der Waals surface area (Å²) in [7, 11) is 0. The molecule has 0 fully saturated rings. The molecule has 0 aliphatic carbocycles. The van der Waals surface area contributed by atoms with Gasteiger partial charge in [0.1, 0.15) is 5.82 Å². The van der Waals surface area contributed by atoms with Crippen molar-refractivity contribution in [1.29, 1.82) is 0 Å². The summed E-state index contributed by atoms with van der Waals surface area (Å²) in [5.41, 5.74) is 1.16. The number of nitrogens with zero attached hydrogens (tertiary/aromatic N) is 2. The smallest absolute Gasteiger partial charge is 0.269 e. The number of hydrogen-bond acceptors (Lipinski definition) is 3. The molecule has 0 radical (unpaired) electrons. The molecule has 0 aliphatic heterocycles. The van der Waals surface area contributed by atoms with Crippen molar-refractivity contribution < 1.29 is 4.39 Å². The van der Waals surface area contributed by atoms with Gasteiger partial charge in [-0.3, -0.25) is 4.79 Å². The SMILES string of the molecule is CC(C)CNc1cnn(Cc2cc(F)cc(Br)c2)c(=O)c1. The summed E-state index contributed by atoms with van der Waals surface area (Å²) in [6.07, 6.45) is 1.61. The second-order valence-corrected chi connectivity index (χ2v) is 6.21. The maximum absolute atomic E-state index is 13.3. The fourth-order valence-corrected chi connectivity index (χ4v) is 2.36. The maximum atomic E-state index is 13.3. The van der Waals surface area contributed by atoms with Crippen LogP contribution in [0.25, 0.3) is 0 Å². The molecule has 0 saturated heterocycles. The first-order valence-electron chi connectivity index (χ1n) is 6.70. The number of aromatic nitrogens is 2. The third-order valence-corrected chi connectivity index (χ3v) is 3.30. The van der Waals surface area contributed by atoms with Crippen molar-refractivity contribution in [3.05, 3.63) is 56.7 Å². The summed E-state index contributed by atoms with van der Waals surface area (Å²) in [5.74, 6) is 0.139. The Morgan fingerprint density at radius 3 is 2.71 bits per heavy atom. The topological polar surface area (TPSA) is 46.9 Å². The van der Waals surface area contributed by atoms with E-state index in [1.165, 1.54) is 22.9 Å². The molecular weight excluding hydrogens is 337 g/mol. The van der Waals surface area contributed by atoms with Crippen LogP contribution in [0.2, 0.25) is 0 Å². The summed E-state index contributed by atoms with van der Waals surface area (Å²) in [6, 6.07) is 6.04. The normalized spacial score (nSPS) is 10.9. The Hall–Kier alpha value is -1.69. The summed E-state index contributed by atoms with van der Waals surface area (Å²) in [6.45, 7) is 5.19. The highest BCUT2D eigenvalue weighted by molar-refractivity contribution is 9.10. The van der Waals surface area contributed by atoms with Crippen LogP contribution in [0.5, 0.6) is 0 Å². The summed E-state index contributed by atoms with van der Waals surface area (Å²) < 4.78 is 15.3. The van der Waals surface area contributed by atoms with E-state index in [1.54, 1.807) is 12.3 Å². The first-order valence-corrected chi connectivity index (χ1v) is 7.49. The molecule has 6 heteroatoms. The number of nitrogens with one attached hydrogen (secondary N) is 1. The Bertz CT molecular complexity index is 665. The molecule has 0 amide bonds. The van der Waals surface area contributed by atoms with E-state index in [1.807, 2.05) is 0 Å². The van der Waals surface area contributed by atoms with Crippen LogP contribution < -0.4 is 10.9 Å². The first-order chi connectivity index (χ1) is 9.94. The molecule has 0 saturated carbocycles. The van der Waals surface area contributed by atoms with Crippen molar-refractivity contribution in [2.75, 3.05) is 11.9 Å². The lowest BCUT2D eigenvalue weighted by atomic mass is 10.2. The minimum Gasteiger partial charge on any atom is -0.383 e. The highest BCUT2D eigenvalue weighted by Crippen LogP contribution is 2.15. The lowest BCUT2D eigenvalue weighted by Crippen LogP contribution is -2.23. The predicted molar refractivity (Wildman–Crippen MR) is 85.0 cm³/mol. The number of halogens is 2. The maximum Gasteiger partial charge on any atom is 0.269 e. The number of anilines is 1. The van der Waals surface area contributed by atoms with Crippen molar-refractivity contribution in [3.8, 4) is 0 Å². The van der Waals surface area contributed by atoms with Crippen LogP contribution in [0, 0.1) is 11.7 Å². The summed E-state index contributed by atoms with van der Waals surface area (Å²) >= 11 is 3.23. The van der Waals surface area contributed by atoms with Gasteiger partial charge in [-0.05, 0) is 29.7 Å². The van der Waals surface area contributed by atoms with Crippen LogP contribution in [0.4, 0.5) is 10.1 Å². The van der Waals surface area contributed by atoms with Gasteiger partial charge in [-0.2, -0.15) is 5.10 Å². The number of rotatable bonds is 5. The zero-order valence-electron chi connectivity index (χ0n) is 11.9. The van der Waals surface area contributed by atoms with Crippen molar-refractivity contribution in [3.63, 3.8) is 0 Å². The lowest BCUT2D eigenvalue weighted by molar-refractivity contribution is 0.609. The van der Waals surface area contributed by atoms with E-state index in [-0.39, 0.29) is 17.9 Å². The average molecular weight is 354 g/mol. The summed E-state index contributed by atoms with van der Waals surface area (Å²) in [4.78, 5) is 12.0. The third kappa shape index (κ3) is 4.67. The molecule has 1 heterocycles. The highest BCUT2D eigenvalue weighted by atomic mass is 79.9. The van der Waals surface area contributed by atoms with Crippen molar-refractivity contribution in [1.82, 2.24) is 9.78 Å². The van der Waals surface area contributed by atoms with E-state index in [9.17, 15) is 9.18 Å². The van der Waals surface area contributed by atoms with Crippen molar-refractivity contribution in [2.24, 2.45) is 5.92 Å². The zero-order valence-corrected chi connectivity index (χ0v) is 13.5. The molecule has 2 rings (SSSR count). The Labute approximate surface area is 131 Å². The molecule has 21 heavy (non-hydrogen) atoms. The number of benzene rings is 1. The summed E-state index contributed by atoms with van der Waals surface area (Å²) in [5, 5.41) is 7.27. The quantitative estimate of drug-likeness (QED) is 0.897. The van der Waals surface area contributed by atoms with Gasteiger partial charge in [-0.25, -0.2) is 9.07 Å². The molecule has 2 aromatic rings. The van der Waals surface area contributed by atoms with Crippen LogP contribution in [0.1, 0.15) is 19.4 Å². The predicted octanol–water partition coefficient (Wildman–Crippen LogP) is 3.26. The van der Waals surface area contributed by atoms with Gasteiger partial charge in [-0.1, -0.05) is 29.8 Å². The minimum atomic E-state index is -0.345. The molecule has 0 aliphatic rings. The van der Waals surface area contributed by atoms with Crippen LogP contribution in [-0.4, -0.2) is 16.3 Å². The highest BCUT2D eigenvalue weighted by Gasteiger charge is 2.04. The van der Waals surface area contributed by atoms with E-state index >= 15 is 0 Å². The number of hydrogen-bond donors (Lipinski definition) is 1. The van der Waals surface area contributed by atoms with E-state index < -0.39 is 0 Å². The molecule has 0 atom stereocenters. The second-order valence-electron chi connectivity index (χ2n) is 5.29. The van der Waals surface area contributed by atoms with Gasteiger partial charge >= 0.3 is 0 Å². The third-order valence-electron chi connectivity index (χ3n) is 2.84. The van der Waals surface area contributed by atoms with E-state index in [0.29, 0.717) is 21.6 Å². The van der Waals surface area contributed by atoms with Gasteiger partial charge in [0, 0.05) is 17.1 Å². The molecule has 1 aromatic heterocycles. The largest absolute Gasteiger partial charge is 0.383 e. The van der Waals surface area contributed by atoms with Crippen LogP contribution in [0.3, 0.4) is 0 Å². The molecule has 1 N–H and O–H groups in total. The van der Waals surface area contributed by atoms with Crippen molar-refractivity contribution >= 4 is 21.6 Å². The van der Waals surface area contributed by atoms with Gasteiger partial charge in [-0.15, -0.1) is 0 Å². The molecule has 0 unspecified atom stereocenters. The monoisotopic (exact) mass is 353 g/mol. The Balaban J connectivity index is 2.15. The van der Waals surface area contributed by atoms with E-state index in [0.717, 1.165) is 6.54 Å². The Morgan fingerprint density at radius 1 is 1.33 bits per heavy atom. The molecule has 1 aromatic carbocycles. The van der Waals surface area contributed by atoms with Crippen LogP contribution >= 0.6 is 15.9 Å².